The molecule has 0 saturated carbocycles. The molecular formula is C7H5BrN2O2. The molecule has 1 aromatic carbocycles. The Balaban J connectivity index is 2.93. The average Bonchev–Trinajstić information content (AvgIpc) is 2.31. The number of fused-ring (bicyclic) bond motifs is 1. The van der Waals surface area contributed by atoms with Gasteiger partial charge in [-0.15, -0.1) is 0 Å². The van der Waals surface area contributed by atoms with Crippen molar-refractivity contribution in [1.29, 1.82) is 0 Å². The molecule has 4 nitrogen and oxygen atoms in total. The fourth-order valence-electron chi connectivity index (χ4n) is 1.09. The van der Waals surface area contributed by atoms with Crippen molar-refractivity contribution >= 4 is 27.0 Å². The van der Waals surface area contributed by atoms with Gasteiger partial charge in [0, 0.05) is 5.16 Å². The standard InChI is InChI=1S/C7H5BrN2O2/c1-4-2-5(8)7-6(3-4)9-12-10(7)11/h2-3H,1H3. The smallest absolute Gasteiger partial charge is 0.250 e. The maximum absolute atomic E-state index is 11.0. The monoisotopic (exact) mass is 228 g/mol. The Morgan fingerprint density at radius 1 is 1.58 bits per heavy atom. The van der Waals surface area contributed by atoms with E-state index < -0.39 is 0 Å². The van der Waals surface area contributed by atoms with Crippen LogP contribution in [0.1, 0.15) is 5.56 Å². The van der Waals surface area contributed by atoms with E-state index in [9.17, 15) is 5.21 Å². The molecule has 0 bridgehead atoms. The number of hydrogen-bond acceptors (Lipinski definition) is 3. The van der Waals surface area contributed by atoms with Crippen molar-refractivity contribution in [1.82, 2.24) is 5.16 Å². The van der Waals surface area contributed by atoms with Gasteiger partial charge in [0.2, 0.25) is 11.0 Å². The first-order valence-electron chi connectivity index (χ1n) is 3.34. The maximum Gasteiger partial charge on any atom is 0.250 e. The largest absolute Gasteiger partial charge is 0.359 e. The van der Waals surface area contributed by atoms with E-state index in [0.717, 1.165) is 5.56 Å². The van der Waals surface area contributed by atoms with Gasteiger partial charge in [-0.05, 0) is 45.5 Å². The number of hydrogen-bond donors (Lipinski definition) is 0. The lowest BCUT2D eigenvalue weighted by Crippen LogP contribution is -2.22. The van der Waals surface area contributed by atoms with Gasteiger partial charge in [-0.2, -0.15) is 0 Å². The Kier molecular flexibility index (Phi) is 1.54. The van der Waals surface area contributed by atoms with E-state index in [-0.39, 0.29) is 0 Å². The summed E-state index contributed by atoms with van der Waals surface area (Å²) in [5.74, 6) is 0. The van der Waals surface area contributed by atoms with Crippen LogP contribution in [-0.4, -0.2) is 5.16 Å². The molecule has 0 amide bonds. The van der Waals surface area contributed by atoms with Crippen LogP contribution in [-0.2, 0) is 0 Å². The summed E-state index contributed by atoms with van der Waals surface area (Å²) in [5.41, 5.74) is 2.03. The SMILES string of the molecule is Cc1cc(Br)c2c(c1)no[n+]2[O-]. The van der Waals surface area contributed by atoms with E-state index in [2.05, 4.69) is 25.7 Å². The zero-order chi connectivity index (χ0) is 8.72. The van der Waals surface area contributed by atoms with Crippen LogP contribution in [0.25, 0.3) is 11.0 Å². The van der Waals surface area contributed by atoms with Crippen molar-refractivity contribution in [3.63, 3.8) is 0 Å². The quantitative estimate of drug-likeness (QED) is 0.643. The highest BCUT2D eigenvalue weighted by Crippen LogP contribution is 2.21. The Bertz CT molecular complexity index is 438. The van der Waals surface area contributed by atoms with Gasteiger partial charge < -0.3 is 5.21 Å². The molecule has 12 heavy (non-hydrogen) atoms. The number of nitrogens with zero attached hydrogens (tertiary/aromatic N) is 2. The van der Waals surface area contributed by atoms with Gasteiger partial charge in [-0.25, -0.2) is 0 Å². The summed E-state index contributed by atoms with van der Waals surface area (Å²) in [6.45, 7) is 1.92. The molecule has 0 unspecified atom stereocenters. The molecule has 2 rings (SSSR count). The minimum Gasteiger partial charge on any atom is -0.359 e. The summed E-state index contributed by atoms with van der Waals surface area (Å²) < 4.78 is 5.13. The lowest BCUT2D eigenvalue weighted by atomic mass is 10.2. The molecule has 0 saturated heterocycles. The zero-order valence-electron chi connectivity index (χ0n) is 6.24. The summed E-state index contributed by atoms with van der Waals surface area (Å²) in [6, 6.07) is 3.63. The van der Waals surface area contributed by atoms with Crippen LogP contribution in [0.5, 0.6) is 0 Å². The molecule has 0 aliphatic heterocycles. The van der Waals surface area contributed by atoms with Crippen molar-refractivity contribution in [2.24, 2.45) is 0 Å². The lowest BCUT2D eigenvalue weighted by molar-refractivity contribution is -0.782. The average molecular weight is 229 g/mol. The molecule has 0 aliphatic rings. The molecular weight excluding hydrogens is 224 g/mol. The molecule has 1 heterocycles. The van der Waals surface area contributed by atoms with Crippen molar-refractivity contribution in [3.05, 3.63) is 27.4 Å². The van der Waals surface area contributed by atoms with E-state index in [1.54, 1.807) is 6.07 Å². The molecule has 0 spiro atoms. The van der Waals surface area contributed by atoms with Crippen LogP contribution in [0.15, 0.2) is 21.2 Å². The second-order valence-electron chi connectivity index (χ2n) is 2.54. The number of rotatable bonds is 0. The van der Waals surface area contributed by atoms with Gasteiger partial charge in [0.15, 0.2) is 0 Å². The summed E-state index contributed by atoms with van der Waals surface area (Å²) in [4.78, 5) is 0.388. The Labute approximate surface area is 76.4 Å². The maximum atomic E-state index is 11.0. The topological polar surface area (TPSA) is 53.0 Å². The van der Waals surface area contributed by atoms with Crippen molar-refractivity contribution in [2.45, 2.75) is 6.92 Å². The van der Waals surface area contributed by atoms with Gasteiger partial charge in [0.1, 0.15) is 0 Å². The van der Waals surface area contributed by atoms with Crippen LogP contribution in [0.2, 0.25) is 0 Å². The third-order valence-electron chi connectivity index (χ3n) is 1.58. The third-order valence-corrected chi connectivity index (χ3v) is 2.19. The van der Waals surface area contributed by atoms with Crippen molar-refractivity contribution in [2.75, 3.05) is 0 Å². The van der Waals surface area contributed by atoms with Crippen LogP contribution in [0.3, 0.4) is 0 Å². The first kappa shape index (κ1) is 7.54. The summed E-state index contributed by atoms with van der Waals surface area (Å²) in [7, 11) is 0. The normalized spacial score (nSPS) is 10.8. The van der Waals surface area contributed by atoms with Crippen molar-refractivity contribution in [3.8, 4) is 0 Å². The summed E-state index contributed by atoms with van der Waals surface area (Å²) >= 11 is 3.26. The molecule has 0 aliphatic carbocycles. The van der Waals surface area contributed by atoms with E-state index >= 15 is 0 Å². The fraction of sp³-hybridized carbons (Fsp3) is 0.143. The van der Waals surface area contributed by atoms with E-state index in [1.807, 2.05) is 13.0 Å². The van der Waals surface area contributed by atoms with E-state index in [4.69, 9.17) is 0 Å². The summed E-state index contributed by atoms with van der Waals surface area (Å²) in [6.07, 6.45) is 0. The second kappa shape index (κ2) is 2.45. The number of aromatic nitrogens is 2. The van der Waals surface area contributed by atoms with E-state index in [0.29, 0.717) is 20.4 Å². The first-order chi connectivity index (χ1) is 5.68. The number of halogens is 1. The Morgan fingerprint density at radius 2 is 2.33 bits per heavy atom. The first-order valence-corrected chi connectivity index (χ1v) is 4.13. The summed E-state index contributed by atoms with van der Waals surface area (Å²) in [5, 5.41) is 14.6. The fourth-order valence-corrected chi connectivity index (χ4v) is 1.80. The van der Waals surface area contributed by atoms with Gasteiger partial charge in [0.05, 0.1) is 4.47 Å². The predicted molar refractivity (Wildman–Crippen MR) is 45.4 cm³/mol. The van der Waals surface area contributed by atoms with Gasteiger partial charge in [-0.1, -0.05) is 0 Å². The minimum absolute atomic E-state index is 0.388. The van der Waals surface area contributed by atoms with Crippen LogP contribution < -0.4 is 4.90 Å². The van der Waals surface area contributed by atoms with Gasteiger partial charge in [-0.3, -0.25) is 4.63 Å². The molecule has 62 valence electrons. The predicted octanol–water partition coefficient (Wildman–Crippen LogP) is 1.53. The third kappa shape index (κ3) is 0.972. The number of benzene rings is 1. The zero-order valence-corrected chi connectivity index (χ0v) is 7.83. The number of aryl methyl sites for hydroxylation is 1. The van der Waals surface area contributed by atoms with E-state index in [1.165, 1.54) is 0 Å². The second-order valence-corrected chi connectivity index (χ2v) is 3.40. The highest BCUT2D eigenvalue weighted by atomic mass is 79.9. The highest BCUT2D eigenvalue weighted by molar-refractivity contribution is 9.10. The Hall–Kier alpha value is -1.10. The molecule has 0 N–H and O–H groups in total. The van der Waals surface area contributed by atoms with Crippen LogP contribution >= 0.6 is 15.9 Å². The lowest BCUT2D eigenvalue weighted by Gasteiger charge is -1.92. The highest BCUT2D eigenvalue weighted by Gasteiger charge is 2.12. The van der Waals surface area contributed by atoms with Gasteiger partial charge >= 0.3 is 0 Å². The molecule has 5 heteroatoms. The minimum atomic E-state index is 0.388. The van der Waals surface area contributed by atoms with Crippen molar-refractivity contribution < 1.29 is 9.53 Å². The van der Waals surface area contributed by atoms with Gasteiger partial charge in [0.25, 0.3) is 0 Å². The molecule has 1 aromatic heterocycles. The van der Waals surface area contributed by atoms with Crippen LogP contribution in [0.4, 0.5) is 0 Å². The molecule has 0 fully saturated rings. The van der Waals surface area contributed by atoms with Crippen LogP contribution in [0, 0.1) is 12.1 Å². The Morgan fingerprint density at radius 3 is 3.08 bits per heavy atom. The molecule has 0 atom stereocenters. The molecule has 2 aromatic rings. The molecule has 0 radical (unpaired) electrons.